The molecule has 1 heterocycles. The molecule has 0 aliphatic heterocycles. The molecular formula is C15H20N2O2S. The van der Waals surface area contributed by atoms with Gasteiger partial charge in [-0.3, -0.25) is 4.21 Å². The minimum absolute atomic E-state index is 0.235. The minimum Gasteiger partial charge on any atom is -0.497 e. The predicted octanol–water partition coefficient (Wildman–Crippen LogP) is 2.81. The van der Waals surface area contributed by atoms with E-state index in [-0.39, 0.29) is 6.04 Å². The van der Waals surface area contributed by atoms with Gasteiger partial charge >= 0.3 is 0 Å². The summed E-state index contributed by atoms with van der Waals surface area (Å²) >= 11 is 0. The Bertz CT molecular complexity index is 616. The van der Waals surface area contributed by atoms with Crippen molar-refractivity contribution in [2.45, 2.75) is 19.4 Å². The molecule has 1 aromatic heterocycles. The van der Waals surface area contributed by atoms with Crippen LogP contribution in [0.3, 0.4) is 0 Å². The van der Waals surface area contributed by atoms with Crippen LogP contribution in [0.1, 0.15) is 13.3 Å². The third-order valence-electron chi connectivity index (χ3n) is 3.19. The van der Waals surface area contributed by atoms with E-state index < -0.39 is 10.8 Å². The third-order valence-corrected chi connectivity index (χ3v) is 4.00. The molecule has 2 aromatic rings. The molecule has 0 spiro atoms. The Morgan fingerprint density at radius 2 is 2.20 bits per heavy atom. The van der Waals surface area contributed by atoms with Crippen LogP contribution in [-0.2, 0) is 10.8 Å². The number of pyridine rings is 1. The van der Waals surface area contributed by atoms with Gasteiger partial charge in [-0.2, -0.15) is 0 Å². The number of ether oxygens (including phenoxy) is 1. The molecule has 0 fully saturated rings. The summed E-state index contributed by atoms with van der Waals surface area (Å²) < 4.78 is 16.4. The van der Waals surface area contributed by atoms with Gasteiger partial charge in [0.1, 0.15) is 11.6 Å². The molecule has 20 heavy (non-hydrogen) atoms. The monoisotopic (exact) mass is 292 g/mol. The smallest absolute Gasteiger partial charge is 0.134 e. The molecule has 108 valence electrons. The van der Waals surface area contributed by atoms with Crippen LogP contribution in [0.5, 0.6) is 5.75 Å². The van der Waals surface area contributed by atoms with E-state index in [0.29, 0.717) is 5.75 Å². The van der Waals surface area contributed by atoms with E-state index in [1.54, 1.807) is 19.6 Å². The molecule has 2 rings (SSSR count). The Balaban J connectivity index is 2.19. The second-order valence-corrected chi connectivity index (χ2v) is 6.41. The van der Waals surface area contributed by atoms with Crippen LogP contribution in [0, 0.1) is 0 Å². The molecule has 0 saturated carbocycles. The summed E-state index contributed by atoms with van der Waals surface area (Å²) in [7, 11) is 0.909. The number of rotatable bonds is 6. The fourth-order valence-electron chi connectivity index (χ4n) is 2.05. The molecule has 2 atom stereocenters. The summed E-state index contributed by atoms with van der Waals surface area (Å²) in [6.45, 7) is 2.08. The zero-order valence-corrected chi connectivity index (χ0v) is 12.9. The first kappa shape index (κ1) is 14.8. The topological polar surface area (TPSA) is 51.2 Å². The van der Waals surface area contributed by atoms with Crippen molar-refractivity contribution in [2.75, 3.05) is 24.4 Å². The maximum Gasteiger partial charge on any atom is 0.134 e. The highest BCUT2D eigenvalue weighted by molar-refractivity contribution is 7.84. The second-order valence-electron chi connectivity index (χ2n) is 4.86. The first-order valence-corrected chi connectivity index (χ1v) is 8.32. The van der Waals surface area contributed by atoms with Crippen molar-refractivity contribution in [2.24, 2.45) is 0 Å². The summed E-state index contributed by atoms with van der Waals surface area (Å²) in [6, 6.07) is 8.14. The number of methoxy groups -OCH3 is 1. The summed E-state index contributed by atoms with van der Waals surface area (Å²) in [5.41, 5.74) is 0. The van der Waals surface area contributed by atoms with E-state index in [2.05, 4.69) is 17.2 Å². The maximum atomic E-state index is 11.1. The number of nitrogens with zero attached hydrogens (tertiary/aromatic N) is 1. The lowest BCUT2D eigenvalue weighted by atomic mass is 10.1. The predicted molar refractivity (Wildman–Crippen MR) is 84.9 cm³/mol. The van der Waals surface area contributed by atoms with E-state index in [1.165, 1.54) is 0 Å². The van der Waals surface area contributed by atoms with E-state index in [4.69, 9.17) is 4.74 Å². The lowest BCUT2D eigenvalue weighted by molar-refractivity contribution is 0.415. The Hall–Kier alpha value is -1.62. The summed E-state index contributed by atoms with van der Waals surface area (Å²) in [6.07, 6.45) is 4.38. The summed E-state index contributed by atoms with van der Waals surface area (Å²) in [5, 5.41) is 5.55. The number of anilines is 1. The largest absolute Gasteiger partial charge is 0.497 e. The molecule has 1 aromatic carbocycles. The fourth-order valence-corrected chi connectivity index (χ4v) is 2.73. The van der Waals surface area contributed by atoms with Gasteiger partial charge in [0.2, 0.25) is 0 Å². The van der Waals surface area contributed by atoms with E-state index in [0.717, 1.165) is 28.8 Å². The molecule has 1 N–H and O–H groups in total. The number of hydrogen-bond acceptors (Lipinski definition) is 4. The Kier molecular flexibility index (Phi) is 4.95. The Morgan fingerprint density at radius 3 is 2.90 bits per heavy atom. The third kappa shape index (κ3) is 3.70. The standard InChI is InChI=1S/C15H20N2O2S/c1-11(7-9-20(3)18)17-15-14-5-4-13(19-2)10-12(14)6-8-16-15/h4-6,8,10-11H,7,9H2,1-3H3,(H,16,17). The van der Waals surface area contributed by atoms with Crippen LogP contribution >= 0.6 is 0 Å². The number of benzene rings is 1. The van der Waals surface area contributed by atoms with Crippen molar-refractivity contribution >= 4 is 27.4 Å². The zero-order chi connectivity index (χ0) is 14.5. The molecule has 0 saturated heterocycles. The van der Waals surface area contributed by atoms with Crippen molar-refractivity contribution < 1.29 is 8.95 Å². The molecule has 4 nitrogen and oxygen atoms in total. The van der Waals surface area contributed by atoms with E-state index in [1.807, 2.05) is 24.3 Å². The lowest BCUT2D eigenvalue weighted by Crippen LogP contribution is -2.18. The van der Waals surface area contributed by atoms with Crippen LogP contribution in [-0.4, -0.2) is 34.4 Å². The Morgan fingerprint density at radius 1 is 1.40 bits per heavy atom. The average Bonchev–Trinajstić information content (AvgIpc) is 2.45. The quantitative estimate of drug-likeness (QED) is 0.889. The van der Waals surface area contributed by atoms with Gasteiger partial charge < -0.3 is 10.1 Å². The van der Waals surface area contributed by atoms with Crippen LogP contribution in [0.2, 0.25) is 0 Å². The lowest BCUT2D eigenvalue weighted by Gasteiger charge is -2.15. The average molecular weight is 292 g/mol. The van der Waals surface area contributed by atoms with Crippen molar-refractivity contribution in [3.8, 4) is 5.75 Å². The van der Waals surface area contributed by atoms with E-state index in [9.17, 15) is 4.21 Å². The first-order chi connectivity index (χ1) is 9.60. The summed E-state index contributed by atoms with van der Waals surface area (Å²) in [4.78, 5) is 4.40. The number of nitrogens with one attached hydrogen (secondary N) is 1. The normalized spacial score (nSPS) is 13.9. The number of fused-ring (bicyclic) bond motifs is 1. The molecule has 0 amide bonds. The van der Waals surface area contributed by atoms with Gasteiger partial charge in [0.15, 0.2) is 0 Å². The minimum atomic E-state index is -0.753. The number of aromatic nitrogens is 1. The van der Waals surface area contributed by atoms with Crippen molar-refractivity contribution in [1.82, 2.24) is 4.98 Å². The first-order valence-electron chi connectivity index (χ1n) is 6.59. The molecule has 2 unspecified atom stereocenters. The van der Waals surface area contributed by atoms with Crippen LogP contribution < -0.4 is 10.1 Å². The SMILES string of the molecule is COc1ccc2c(NC(C)CCS(C)=O)nccc2c1. The molecule has 5 heteroatoms. The van der Waals surface area contributed by atoms with Crippen LogP contribution in [0.15, 0.2) is 30.5 Å². The molecular weight excluding hydrogens is 272 g/mol. The van der Waals surface area contributed by atoms with Gasteiger partial charge in [-0.05, 0) is 43.0 Å². The molecule has 0 bridgehead atoms. The van der Waals surface area contributed by atoms with Gasteiger partial charge in [-0.25, -0.2) is 4.98 Å². The highest BCUT2D eigenvalue weighted by Crippen LogP contribution is 2.25. The van der Waals surface area contributed by atoms with Crippen LogP contribution in [0.25, 0.3) is 10.8 Å². The highest BCUT2D eigenvalue weighted by Gasteiger charge is 2.08. The molecule has 0 aliphatic carbocycles. The highest BCUT2D eigenvalue weighted by atomic mass is 32.2. The van der Waals surface area contributed by atoms with E-state index >= 15 is 0 Å². The van der Waals surface area contributed by atoms with Crippen molar-refractivity contribution in [3.63, 3.8) is 0 Å². The van der Waals surface area contributed by atoms with Crippen molar-refractivity contribution in [3.05, 3.63) is 30.5 Å². The van der Waals surface area contributed by atoms with Gasteiger partial charge in [0.25, 0.3) is 0 Å². The number of hydrogen-bond donors (Lipinski definition) is 1. The fraction of sp³-hybridized carbons (Fsp3) is 0.400. The Labute approximate surface area is 122 Å². The van der Waals surface area contributed by atoms with Gasteiger partial charge in [0, 0.05) is 40.4 Å². The van der Waals surface area contributed by atoms with Gasteiger partial charge in [0.05, 0.1) is 7.11 Å². The maximum absolute atomic E-state index is 11.1. The van der Waals surface area contributed by atoms with Gasteiger partial charge in [-0.1, -0.05) is 0 Å². The van der Waals surface area contributed by atoms with Gasteiger partial charge in [-0.15, -0.1) is 0 Å². The van der Waals surface area contributed by atoms with Crippen molar-refractivity contribution in [1.29, 1.82) is 0 Å². The molecule has 0 aliphatic rings. The molecule has 0 radical (unpaired) electrons. The zero-order valence-electron chi connectivity index (χ0n) is 12.1. The summed E-state index contributed by atoms with van der Waals surface area (Å²) in [5.74, 6) is 2.40. The second kappa shape index (κ2) is 6.70. The van der Waals surface area contributed by atoms with Crippen LogP contribution in [0.4, 0.5) is 5.82 Å².